The molecule has 0 fully saturated rings. The molecule has 0 spiro atoms. The van der Waals surface area contributed by atoms with Crippen LogP contribution in [-0.4, -0.2) is 40.3 Å². The van der Waals surface area contributed by atoms with Gasteiger partial charge in [-0.25, -0.2) is 14.8 Å². The van der Waals surface area contributed by atoms with Gasteiger partial charge >= 0.3 is 5.97 Å². The summed E-state index contributed by atoms with van der Waals surface area (Å²) in [7, 11) is 3.05. The number of nitrogens with one attached hydrogen (secondary N) is 1. The molecule has 1 N–H and O–H groups in total. The maximum Gasteiger partial charge on any atom is 0.337 e. The number of aromatic nitrogens is 4. The molecule has 8 nitrogen and oxygen atoms in total. The Morgan fingerprint density at radius 1 is 1.05 bits per heavy atom. The van der Waals surface area contributed by atoms with Gasteiger partial charge < -0.3 is 19.0 Å². The van der Waals surface area contributed by atoms with Gasteiger partial charge in [-0.3, -0.25) is 0 Å². The molecule has 0 radical (unpaired) electrons. The van der Waals surface area contributed by atoms with Gasteiger partial charge in [0.05, 0.1) is 42.1 Å². The van der Waals surface area contributed by atoms with E-state index in [9.17, 15) is 4.79 Å². The van der Waals surface area contributed by atoms with Crippen molar-refractivity contribution in [3.63, 3.8) is 0 Å². The Hall–Kier alpha value is -4.20. The third-order valence-electron chi connectivity index (χ3n) is 6.93. The van der Waals surface area contributed by atoms with Crippen molar-refractivity contribution in [3.8, 4) is 28.1 Å². The van der Waals surface area contributed by atoms with Gasteiger partial charge in [-0.05, 0) is 55.2 Å². The van der Waals surface area contributed by atoms with Crippen molar-refractivity contribution in [2.24, 2.45) is 0 Å². The Morgan fingerprint density at radius 2 is 1.82 bits per heavy atom. The molecule has 0 aliphatic rings. The molecule has 5 rings (SSSR count). The van der Waals surface area contributed by atoms with Crippen molar-refractivity contribution in [3.05, 3.63) is 58.7 Å². The van der Waals surface area contributed by atoms with Crippen molar-refractivity contribution in [1.29, 1.82) is 0 Å². The SMILES string of the molecule is CCc1nc(-c2cc(C(=O)OC)cc(C(C)(C)C)c2)c2c(n1)[nH]c1cc(-c3c(C)noc3C)c(OC)cc12. The topological polar surface area (TPSA) is 103 Å². The number of carbonyl (C=O) groups is 1. The van der Waals surface area contributed by atoms with E-state index < -0.39 is 0 Å². The Labute approximate surface area is 221 Å². The van der Waals surface area contributed by atoms with Crippen LogP contribution in [0.25, 0.3) is 44.3 Å². The number of esters is 1. The Morgan fingerprint density at radius 3 is 2.42 bits per heavy atom. The zero-order chi connectivity index (χ0) is 27.4. The van der Waals surface area contributed by atoms with E-state index >= 15 is 0 Å². The highest BCUT2D eigenvalue weighted by atomic mass is 16.5. The van der Waals surface area contributed by atoms with Gasteiger partial charge in [0, 0.05) is 28.5 Å². The summed E-state index contributed by atoms with van der Waals surface area (Å²) in [6.07, 6.45) is 0.661. The highest BCUT2D eigenvalue weighted by Gasteiger charge is 2.23. The average Bonchev–Trinajstić information content (AvgIpc) is 3.43. The van der Waals surface area contributed by atoms with Crippen LogP contribution in [0.1, 0.15) is 60.9 Å². The first-order chi connectivity index (χ1) is 18.0. The summed E-state index contributed by atoms with van der Waals surface area (Å²) in [5, 5.41) is 5.91. The summed E-state index contributed by atoms with van der Waals surface area (Å²) in [5.41, 5.74) is 7.08. The minimum Gasteiger partial charge on any atom is -0.496 e. The number of rotatable bonds is 5. The van der Waals surface area contributed by atoms with Crippen LogP contribution in [0.5, 0.6) is 5.75 Å². The molecule has 0 saturated carbocycles. The molecule has 0 aliphatic heterocycles. The van der Waals surface area contributed by atoms with Gasteiger partial charge in [0.1, 0.15) is 23.0 Å². The van der Waals surface area contributed by atoms with Crippen LogP contribution in [0.3, 0.4) is 0 Å². The number of hydrogen-bond donors (Lipinski definition) is 1. The van der Waals surface area contributed by atoms with Crippen LogP contribution in [0.4, 0.5) is 0 Å². The number of methoxy groups -OCH3 is 2. The highest BCUT2D eigenvalue weighted by molar-refractivity contribution is 6.13. The lowest BCUT2D eigenvalue weighted by atomic mass is 9.84. The summed E-state index contributed by atoms with van der Waals surface area (Å²) < 4.78 is 16.3. The first kappa shape index (κ1) is 25.4. The quantitative estimate of drug-likeness (QED) is 0.261. The molecule has 5 aromatic rings. The standard InChI is InChI=1S/C30H32N4O4/c1-9-24-32-27(17-10-18(29(35)37-8)12-19(11-17)30(4,5)6)26-20-14-23(36-7)21(13-22(20)31-28(26)33-24)25-15(2)34-38-16(25)3/h10-14H,9H2,1-8H3,(H,31,32,33). The van der Waals surface area contributed by atoms with Gasteiger partial charge in [-0.2, -0.15) is 0 Å². The van der Waals surface area contributed by atoms with Crippen LogP contribution < -0.4 is 4.74 Å². The minimum atomic E-state index is -0.386. The van der Waals surface area contributed by atoms with Crippen molar-refractivity contribution in [2.45, 2.75) is 53.4 Å². The van der Waals surface area contributed by atoms with Crippen LogP contribution in [0, 0.1) is 13.8 Å². The predicted molar refractivity (Wildman–Crippen MR) is 148 cm³/mol. The van der Waals surface area contributed by atoms with E-state index in [0.717, 1.165) is 61.3 Å². The second-order valence-electron chi connectivity index (χ2n) is 10.5. The van der Waals surface area contributed by atoms with Crippen molar-refractivity contribution < 1.29 is 18.8 Å². The molecule has 3 aromatic heterocycles. The molecule has 196 valence electrons. The third kappa shape index (κ3) is 4.20. The number of nitrogens with zero attached hydrogens (tertiary/aromatic N) is 3. The fourth-order valence-electron chi connectivity index (χ4n) is 4.90. The third-order valence-corrected chi connectivity index (χ3v) is 6.93. The van der Waals surface area contributed by atoms with Gasteiger partial charge in [-0.1, -0.05) is 32.9 Å². The predicted octanol–water partition coefficient (Wildman–Crippen LogP) is 6.71. The number of hydrogen-bond acceptors (Lipinski definition) is 7. The zero-order valence-electron chi connectivity index (χ0n) is 23.1. The lowest BCUT2D eigenvalue weighted by molar-refractivity contribution is 0.0600. The molecule has 0 amide bonds. The van der Waals surface area contributed by atoms with E-state index in [1.807, 2.05) is 45.0 Å². The molecular formula is C30H32N4O4. The monoisotopic (exact) mass is 512 g/mol. The zero-order valence-corrected chi connectivity index (χ0v) is 23.1. The lowest BCUT2D eigenvalue weighted by Gasteiger charge is -2.21. The van der Waals surface area contributed by atoms with Gasteiger partial charge in [0.15, 0.2) is 0 Å². The number of aryl methyl sites for hydroxylation is 3. The van der Waals surface area contributed by atoms with E-state index in [0.29, 0.717) is 23.6 Å². The molecule has 0 saturated heterocycles. The fraction of sp³-hybridized carbons (Fsp3) is 0.333. The largest absolute Gasteiger partial charge is 0.496 e. The van der Waals surface area contributed by atoms with Crippen molar-refractivity contribution in [2.75, 3.05) is 14.2 Å². The molecule has 0 atom stereocenters. The number of aromatic amines is 1. The first-order valence-corrected chi connectivity index (χ1v) is 12.6. The van der Waals surface area contributed by atoms with Crippen LogP contribution in [0.15, 0.2) is 34.9 Å². The average molecular weight is 513 g/mol. The fourth-order valence-corrected chi connectivity index (χ4v) is 4.90. The summed E-state index contributed by atoms with van der Waals surface area (Å²) in [5.74, 6) is 1.73. The number of ether oxygens (including phenoxy) is 2. The molecular weight excluding hydrogens is 480 g/mol. The van der Waals surface area contributed by atoms with Gasteiger partial charge in [0.2, 0.25) is 0 Å². The van der Waals surface area contributed by atoms with Crippen LogP contribution in [0.2, 0.25) is 0 Å². The number of fused-ring (bicyclic) bond motifs is 3. The van der Waals surface area contributed by atoms with Gasteiger partial charge in [-0.15, -0.1) is 0 Å². The van der Waals surface area contributed by atoms with E-state index in [2.05, 4.69) is 37.0 Å². The van der Waals surface area contributed by atoms with Gasteiger partial charge in [0.25, 0.3) is 0 Å². The Bertz CT molecular complexity index is 1690. The number of H-pyrrole nitrogens is 1. The summed E-state index contributed by atoms with van der Waals surface area (Å²) in [6, 6.07) is 9.88. The molecule has 2 aromatic carbocycles. The number of carbonyl (C=O) groups excluding carboxylic acids is 1. The van der Waals surface area contributed by atoms with Crippen molar-refractivity contribution in [1.82, 2.24) is 20.1 Å². The van der Waals surface area contributed by atoms with Crippen LogP contribution >= 0.6 is 0 Å². The Balaban J connectivity index is 1.86. The molecule has 0 unspecified atom stereocenters. The first-order valence-electron chi connectivity index (χ1n) is 12.6. The summed E-state index contributed by atoms with van der Waals surface area (Å²) in [4.78, 5) is 25.9. The molecule has 0 bridgehead atoms. The minimum absolute atomic E-state index is 0.189. The maximum atomic E-state index is 12.6. The second kappa shape index (κ2) is 9.28. The van der Waals surface area contributed by atoms with E-state index in [1.165, 1.54) is 7.11 Å². The second-order valence-corrected chi connectivity index (χ2v) is 10.5. The molecule has 3 heterocycles. The normalized spacial score (nSPS) is 11.9. The van der Waals surface area contributed by atoms with E-state index in [-0.39, 0.29) is 11.4 Å². The highest BCUT2D eigenvalue weighted by Crippen LogP contribution is 2.42. The smallest absolute Gasteiger partial charge is 0.337 e. The van der Waals surface area contributed by atoms with E-state index in [1.54, 1.807) is 7.11 Å². The lowest BCUT2D eigenvalue weighted by Crippen LogP contribution is -2.13. The van der Waals surface area contributed by atoms with Crippen LogP contribution in [-0.2, 0) is 16.6 Å². The maximum absolute atomic E-state index is 12.6. The van der Waals surface area contributed by atoms with Crippen molar-refractivity contribution >= 4 is 27.9 Å². The number of benzene rings is 2. The summed E-state index contributed by atoms with van der Waals surface area (Å²) >= 11 is 0. The molecule has 38 heavy (non-hydrogen) atoms. The van der Waals surface area contributed by atoms with E-state index in [4.69, 9.17) is 24.0 Å². The molecule has 0 aliphatic carbocycles. The summed E-state index contributed by atoms with van der Waals surface area (Å²) in [6.45, 7) is 12.2. The molecule has 8 heteroatoms. The Kier molecular flexibility index (Phi) is 6.21.